The zero-order chi connectivity index (χ0) is 8.55. The molecular weight excluding hydrogens is 150 g/mol. The van der Waals surface area contributed by atoms with Crippen LogP contribution < -0.4 is 0 Å². The van der Waals surface area contributed by atoms with Crippen LogP contribution in [0.4, 0.5) is 0 Å². The number of benzene rings is 1. The molecule has 0 aliphatic heterocycles. The highest BCUT2D eigenvalue weighted by atomic mass is 16.5. The average Bonchev–Trinajstić information content (AvgIpc) is 2.49. The van der Waals surface area contributed by atoms with Crippen LogP contribution in [0.1, 0.15) is 18.2 Å². The van der Waals surface area contributed by atoms with E-state index < -0.39 is 0 Å². The normalized spacial score (nSPS) is 10.8. The lowest BCUT2D eigenvalue weighted by molar-refractivity contribution is 0.447. The third kappa shape index (κ3) is 0.916. The summed E-state index contributed by atoms with van der Waals surface area (Å²) in [6, 6.07) is 6.02. The van der Waals surface area contributed by atoms with E-state index in [0.29, 0.717) is 0 Å². The summed E-state index contributed by atoms with van der Waals surface area (Å²) < 4.78 is 5.17. The Bertz CT molecular complexity index is 403. The molecule has 0 saturated carbocycles. The monoisotopic (exact) mass is 161 g/mol. The Kier molecular flexibility index (Phi) is 1.61. The van der Waals surface area contributed by atoms with Crippen LogP contribution in [0, 0.1) is 6.92 Å². The summed E-state index contributed by atoms with van der Waals surface area (Å²) in [5.74, 6) is 0. The summed E-state index contributed by atoms with van der Waals surface area (Å²) >= 11 is 0. The molecule has 62 valence electrons. The van der Waals surface area contributed by atoms with Gasteiger partial charge < -0.3 is 4.52 Å². The van der Waals surface area contributed by atoms with Gasteiger partial charge in [-0.1, -0.05) is 24.2 Å². The van der Waals surface area contributed by atoms with E-state index in [1.54, 1.807) is 0 Å². The van der Waals surface area contributed by atoms with Crippen LogP contribution in [0.5, 0.6) is 0 Å². The molecule has 0 N–H and O–H groups in total. The van der Waals surface area contributed by atoms with Crippen LogP contribution in [0.2, 0.25) is 0 Å². The van der Waals surface area contributed by atoms with E-state index >= 15 is 0 Å². The van der Waals surface area contributed by atoms with Gasteiger partial charge in [0, 0.05) is 5.39 Å². The first-order valence-corrected chi connectivity index (χ1v) is 4.16. The molecule has 2 heteroatoms. The van der Waals surface area contributed by atoms with E-state index in [0.717, 1.165) is 17.7 Å². The van der Waals surface area contributed by atoms with Crippen LogP contribution in [0.3, 0.4) is 0 Å². The molecule has 0 fully saturated rings. The minimum atomic E-state index is 0.895. The van der Waals surface area contributed by atoms with E-state index in [9.17, 15) is 0 Å². The van der Waals surface area contributed by atoms with Crippen molar-refractivity contribution in [2.24, 2.45) is 0 Å². The molecule has 0 amide bonds. The van der Waals surface area contributed by atoms with E-state index in [-0.39, 0.29) is 0 Å². The van der Waals surface area contributed by atoms with Gasteiger partial charge in [0.05, 0.1) is 5.69 Å². The second-order valence-electron chi connectivity index (χ2n) is 2.93. The van der Waals surface area contributed by atoms with Gasteiger partial charge in [0.1, 0.15) is 0 Å². The van der Waals surface area contributed by atoms with Crippen LogP contribution in [-0.2, 0) is 6.42 Å². The Hall–Kier alpha value is -1.31. The summed E-state index contributed by atoms with van der Waals surface area (Å²) in [7, 11) is 0. The Balaban J connectivity index is 2.83. The number of aromatic nitrogens is 1. The fourth-order valence-corrected chi connectivity index (χ4v) is 1.48. The summed E-state index contributed by atoms with van der Waals surface area (Å²) in [6.45, 7) is 4.17. The number of rotatable bonds is 1. The quantitative estimate of drug-likeness (QED) is 0.642. The Morgan fingerprint density at radius 1 is 1.42 bits per heavy atom. The molecule has 12 heavy (non-hydrogen) atoms. The molecule has 0 saturated heterocycles. The van der Waals surface area contributed by atoms with E-state index in [2.05, 4.69) is 25.1 Å². The molecule has 0 bridgehead atoms. The predicted octanol–water partition coefficient (Wildman–Crippen LogP) is 2.70. The molecule has 1 heterocycles. The van der Waals surface area contributed by atoms with Crippen molar-refractivity contribution in [2.75, 3.05) is 0 Å². The van der Waals surface area contributed by atoms with Crippen molar-refractivity contribution in [2.45, 2.75) is 20.3 Å². The summed E-state index contributed by atoms with van der Waals surface area (Å²) in [5, 5.41) is 5.18. The zero-order valence-electron chi connectivity index (χ0n) is 7.29. The van der Waals surface area contributed by atoms with Gasteiger partial charge in [0.2, 0.25) is 0 Å². The maximum absolute atomic E-state index is 5.17. The third-order valence-electron chi connectivity index (χ3n) is 2.11. The number of aryl methyl sites for hydroxylation is 2. The molecule has 2 aromatic rings. The predicted molar refractivity (Wildman–Crippen MR) is 48.1 cm³/mol. The fraction of sp³-hybridized carbons (Fsp3) is 0.300. The molecule has 2 nitrogen and oxygen atoms in total. The molecule has 0 radical (unpaired) electrons. The van der Waals surface area contributed by atoms with Gasteiger partial charge in [0.15, 0.2) is 5.58 Å². The minimum Gasteiger partial charge on any atom is -0.356 e. The van der Waals surface area contributed by atoms with Crippen molar-refractivity contribution in [3.05, 3.63) is 29.5 Å². The molecule has 1 aromatic carbocycles. The van der Waals surface area contributed by atoms with Crippen molar-refractivity contribution in [1.82, 2.24) is 5.16 Å². The van der Waals surface area contributed by atoms with Crippen LogP contribution >= 0.6 is 0 Å². The smallest absolute Gasteiger partial charge is 0.167 e. The second-order valence-corrected chi connectivity index (χ2v) is 2.93. The maximum Gasteiger partial charge on any atom is 0.167 e. The Labute approximate surface area is 71.2 Å². The van der Waals surface area contributed by atoms with Gasteiger partial charge in [0.25, 0.3) is 0 Å². The van der Waals surface area contributed by atoms with Crippen molar-refractivity contribution in [3.63, 3.8) is 0 Å². The minimum absolute atomic E-state index is 0.895. The molecule has 0 spiro atoms. The summed E-state index contributed by atoms with van der Waals surface area (Å²) in [4.78, 5) is 0. The topological polar surface area (TPSA) is 26.0 Å². The first-order valence-electron chi connectivity index (χ1n) is 4.16. The highest BCUT2D eigenvalue weighted by Gasteiger charge is 2.07. The van der Waals surface area contributed by atoms with Crippen molar-refractivity contribution < 1.29 is 4.52 Å². The maximum atomic E-state index is 5.17. The highest BCUT2D eigenvalue weighted by molar-refractivity contribution is 5.82. The van der Waals surface area contributed by atoms with Gasteiger partial charge in [-0.15, -0.1) is 0 Å². The molecular formula is C10H11NO. The molecule has 1 aromatic heterocycles. The summed E-state index contributed by atoms with van der Waals surface area (Å²) in [5.41, 5.74) is 3.19. The van der Waals surface area contributed by atoms with Crippen molar-refractivity contribution in [3.8, 4) is 0 Å². The van der Waals surface area contributed by atoms with Gasteiger partial charge in [-0.3, -0.25) is 0 Å². The lowest BCUT2D eigenvalue weighted by Gasteiger charge is -1.93. The molecule has 0 atom stereocenters. The third-order valence-corrected chi connectivity index (χ3v) is 2.11. The average molecular weight is 161 g/mol. The van der Waals surface area contributed by atoms with E-state index in [1.165, 1.54) is 10.9 Å². The van der Waals surface area contributed by atoms with Crippen LogP contribution in [0.25, 0.3) is 11.0 Å². The van der Waals surface area contributed by atoms with Crippen LogP contribution in [-0.4, -0.2) is 5.16 Å². The number of hydrogen-bond acceptors (Lipinski definition) is 2. The molecule has 2 rings (SSSR count). The van der Waals surface area contributed by atoms with Crippen LogP contribution in [0.15, 0.2) is 22.7 Å². The zero-order valence-corrected chi connectivity index (χ0v) is 7.29. The highest BCUT2D eigenvalue weighted by Crippen LogP contribution is 2.21. The fourth-order valence-electron chi connectivity index (χ4n) is 1.48. The SMILES string of the molecule is CCc1noc2cccc(C)c12. The van der Waals surface area contributed by atoms with Crippen molar-refractivity contribution >= 4 is 11.0 Å². The lowest BCUT2D eigenvalue weighted by Crippen LogP contribution is -1.81. The van der Waals surface area contributed by atoms with Gasteiger partial charge in [-0.2, -0.15) is 0 Å². The number of fused-ring (bicyclic) bond motifs is 1. The Morgan fingerprint density at radius 2 is 2.25 bits per heavy atom. The number of nitrogens with zero attached hydrogens (tertiary/aromatic N) is 1. The van der Waals surface area contributed by atoms with Gasteiger partial charge in [-0.25, -0.2) is 0 Å². The first kappa shape index (κ1) is 7.35. The molecule has 0 aliphatic carbocycles. The molecule has 0 unspecified atom stereocenters. The van der Waals surface area contributed by atoms with Gasteiger partial charge in [-0.05, 0) is 25.0 Å². The van der Waals surface area contributed by atoms with E-state index in [1.807, 2.05) is 12.1 Å². The summed E-state index contributed by atoms with van der Waals surface area (Å²) in [6.07, 6.45) is 0.928. The first-order chi connectivity index (χ1) is 5.83. The van der Waals surface area contributed by atoms with Gasteiger partial charge >= 0.3 is 0 Å². The molecule has 0 aliphatic rings. The van der Waals surface area contributed by atoms with Crippen molar-refractivity contribution in [1.29, 1.82) is 0 Å². The van der Waals surface area contributed by atoms with E-state index in [4.69, 9.17) is 4.52 Å². The Morgan fingerprint density at radius 3 is 3.00 bits per heavy atom. The number of hydrogen-bond donors (Lipinski definition) is 0. The lowest BCUT2D eigenvalue weighted by atomic mass is 10.1. The largest absolute Gasteiger partial charge is 0.356 e. The standard InChI is InChI=1S/C10H11NO/c1-3-8-10-7(2)5-4-6-9(10)12-11-8/h4-6H,3H2,1-2H3. The second kappa shape index (κ2) is 2.63.